The van der Waals surface area contributed by atoms with Gasteiger partial charge in [0.25, 0.3) is 0 Å². The maximum absolute atomic E-state index is 11.8. The Morgan fingerprint density at radius 3 is 2.90 bits per heavy atom. The molecule has 2 unspecified atom stereocenters. The Morgan fingerprint density at radius 1 is 1.40 bits per heavy atom. The molecular formula is C15H22N2O3. The highest BCUT2D eigenvalue weighted by molar-refractivity contribution is 5.93. The minimum absolute atomic E-state index is 0.0898. The van der Waals surface area contributed by atoms with Crippen LogP contribution in [0.25, 0.3) is 0 Å². The smallest absolute Gasteiger partial charge is 0.238 e. The number of ether oxygens (including phenoxy) is 1. The van der Waals surface area contributed by atoms with Crippen LogP contribution >= 0.6 is 0 Å². The molecule has 1 amide bonds. The molecular weight excluding hydrogens is 256 g/mol. The Morgan fingerprint density at radius 2 is 2.20 bits per heavy atom. The highest BCUT2D eigenvalue weighted by Crippen LogP contribution is 2.24. The van der Waals surface area contributed by atoms with Crippen molar-refractivity contribution in [3.63, 3.8) is 0 Å². The zero-order valence-electron chi connectivity index (χ0n) is 11.8. The van der Waals surface area contributed by atoms with Gasteiger partial charge < -0.3 is 20.5 Å². The Labute approximate surface area is 119 Å². The minimum atomic E-state index is -0.163. The number of para-hydroxylation sites is 2. The number of rotatable bonds is 6. The maximum Gasteiger partial charge on any atom is 0.238 e. The summed E-state index contributed by atoms with van der Waals surface area (Å²) in [6.07, 6.45) is 2.58. The number of aliphatic hydroxyl groups is 1. The van der Waals surface area contributed by atoms with Crippen molar-refractivity contribution in [1.29, 1.82) is 0 Å². The van der Waals surface area contributed by atoms with Crippen LogP contribution in [-0.4, -0.2) is 37.3 Å². The van der Waals surface area contributed by atoms with Gasteiger partial charge in [-0.05, 0) is 43.9 Å². The number of carbonyl (C=O) groups is 1. The monoisotopic (exact) mass is 278 g/mol. The van der Waals surface area contributed by atoms with E-state index < -0.39 is 0 Å². The van der Waals surface area contributed by atoms with Crippen LogP contribution in [0.3, 0.4) is 0 Å². The summed E-state index contributed by atoms with van der Waals surface area (Å²) >= 11 is 0. The van der Waals surface area contributed by atoms with Crippen LogP contribution in [0.2, 0.25) is 0 Å². The quantitative estimate of drug-likeness (QED) is 0.735. The van der Waals surface area contributed by atoms with E-state index in [4.69, 9.17) is 4.74 Å². The van der Waals surface area contributed by atoms with Crippen LogP contribution in [-0.2, 0) is 4.79 Å². The first kappa shape index (κ1) is 14.8. The molecule has 0 saturated heterocycles. The van der Waals surface area contributed by atoms with Crippen molar-refractivity contribution >= 4 is 11.6 Å². The highest BCUT2D eigenvalue weighted by atomic mass is 16.5. The molecule has 5 heteroatoms. The lowest BCUT2D eigenvalue weighted by Crippen LogP contribution is -2.31. The largest absolute Gasteiger partial charge is 0.495 e. The molecule has 0 bridgehead atoms. The van der Waals surface area contributed by atoms with Crippen molar-refractivity contribution in [3.8, 4) is 5.75 Å². The van der Waals surface area contributed by atoms with Gasteiger partial charge in [0.1, 0.15) is 5.75 Å². The van der Waals surface area contributed by atoms with Gasteiger partial charge in [-0.15, -0.1) is 0 Å². The normalized spacial score (nSPS) is 21.7. The van der Waals surface area contributed by atoms with Gasteiger partial charge in [-0.3, -0.25) is 4.79 Å². The fourth-order valence-electron chi connectivity index (χ4n) is 2.57. The first-order chi connectivity index (χ1) is 9.69. The number of anilines is 1. The topological polar surface area (TPSA) is 70.6 Å². The molecule has 0 aromatic heterocycles. The molecule has 2 rings (SSSR count). The van der Waals surface area contributed by atoms with Crippen molar-refractivity contribution in [1.82, 2.24) is 5.32 Å². The van der Waals surface area contributed by atoms with Gasteiger partial charge in [-0.1, -0.05) is 12.1 Å². The first-order valence-electron chi connectivity index (χ1n) is 7.00. The second kappa shape index (κ2) is 7.26. The molecule has 20 heavy (non-hydrogen) atoms. The number of carbonyl (C=O) groups excluding carboxylic acids is 1. The van der Waals surface area contributed by atoms with E-state index in [0.717, 1.165) is 25.8 Å². The Kier molecular flexibility index (Phi) is 5.38. The average molecular weight is 278 g/mol. The fourth-order valence-corrected chi connectivity index (χ4v) is 2.57. The number of amides is 1. The molecule has 1 aromatic carbocycles. The predicted octanol–water partition coefficient (Wildman–Crippen LogP) is 1.38. The van der Waals surface area contributed by atoms with Crippen molar-refractivity contribution in [2.45, 2.75) is 25.4 Å². The second-order valence-electron chi connectivity index (χ2n) is 5.21. The van der Waals surface area contributed by atoms with Gasteiger partial charge in [0.05, 0.1) is 25.4 Å². The summed E-state index contributed by atoms with van der Waals surface area (Å²) in [6, 6.07) is 7.33. The van der Waals surface area contributed by atoms with Crippen LogP contribution in [0.1, 0.15) is 19.3 Å². The molecule has 5 nitrogen and oxygen atoms in total. The summed E-state index contributed by atoms with van der Waals surface area (Å²) in [5.41, 5.74) is 0.679. The van der Waals surface area contributed by atoms with E-state index in [1.807, 2.05) is 24.3 Å². The minimum Gasteiger partial charge on any atom is -0.495 e. The van der Waals surface area contributed by atoms with Crippen molar-refractivity contribution < 1.29 is 14.6 Å². The third kappa shape index (κ3) is 4.21. The predicted molar refractivity (Wildman–Crippen MR) is 77.8 cm³/mol. The molecule has 1 saturated carbocycles. The zero-order chi connectivity index (χ0) is 14.4. The van der Waals surface area contributed by atoms with E-state index in [2.05, 4.69) is 10.6 Å². The fraction of sp³-hybridized carbons (Fsp3) is 0.533. The maximum atomic E-state index is 11.8. The number of methoxy groups -OCH3 is 1. The van der Waals surface area contributed by atoms with Crippen LogP contribution < -0.4 is 15.4 Å². The third-order valence-electron chi connectivity index (χ3n) is 3.61. The van der Waals surface area contributed by atoms with Crippen molar-refractivity contribution in [2.75, 3.05) is 25.5 Å². The summed E-state index contributed by atoms with van der Waals surface area (Å²) in [5.74, 6) is 1.04. The van der Waals surface area contributed by atoms with E-state index in [0.29, 0.717) is 17.4 Å². The molecule has 0 aliphatic heterocycles. The molecule has 1 aliphatic carbocycles. The summed E-state index contributed by atoms with van der Waals surface area (Å²) in [5, 5.41) is 15.4. The third-order valence-corrected chi connectivity index (χ3v) is 3.61. The molecule has 0 heterocycles. The van der Waals surface area contributed by atoms with Crippen LogP contribution in [0.5, 0.6) is 5.75 Å². The van der Waals surface area contributed by atoms with Crippen LogP contribution in [0.4, 0.5) is 5.69 Å². The summed E-state index contributed by atoms with van der Waals surface area (Å²) in [4.78, 5) is 11.8. The standard InChI is InChI=1S/C15H22N2O3/c1-20-14-5-3-2-4-13(14)17-15(19)10-16-9-11-6-7-12(18)8-11/h2-5,11-12,16,18H,6-10H2,1H3,(H,17,19). The molecule has 1 aromatic rings. The molecule has 0 spiro atoms. The first-order valence-corrected chi connectivity index (χ1v) is 7.00. The van der Waals surface area contributed by atoms with Crippen molar-refractivity contribution in [3.05, 3.63) is 24.3 Å². The molecule has 110 valence electrons. The summed E-state index contributed by atoms with van der Waals surface area (Å²) in [6.45, 7) is 1.04. The van der Waals surface area contributed by atoms with Crippen LogP contribution in [0, 0.1) is 5.92 Å². The lowest BCUT2D eigenvalue weighted by Gasteiger charge is -2.12. The number of hydrogen-bond donors (Lipinski definition) is 3. The zero-order valence-corrected chi connectivity index (χ0v) is 11.8. The van der Waals surface area contributed by atoms with Crippen molar-refractivity contribution in [2.24, 2.45) is 5.92 Å². The second-order valence-corrected chi connectivity index (χ2v) is 5.21. The van der Waals surface area contributed by atoms with Gasteiger partial charge in [0.15, 0.2) is 0 Å². The SMILES string of the molecule is COc1ccccc1NC(=O)CNCC1CCC(O)C1. The molecule has 3 N–H and O–H groups in total. The number of benzene rings is 1. The Balaban J connectivity index is 1.72. The lowest BCUT2D eigenvalue weighted by molar-refractivity contribution is -0.115. The van der Waals surface area contributed by atoms with E-state index >= 15 is 0 Å². The molecule has 1 fully saturated rings. The van der Waals surface area contributed by atoms with Gasteiger partial charge >= 0.3 is 0 Å². The highest BCUT2D eigenvalue weighted by Gasteiger charge is 2.22. The van der Waals surface area contributed by atoms with Gasteiger partial charge in [-0.25, -0.2) is 0 Å². The number of nitrogens with one attached hydrogen (secondary N) is 2. The van der Waals surface area contributed by atoms with E-state index in [1.165, 1.54) is 0 Å². The van der Waals surface area contributed by atoms with Gasteiger partial charge in [-0.2, -0.15) is 0 Å². The summed E-state index contributed by atoms with van der Waals surface area (Å²) < 4.78 is 5.18. The van der Waals surface area contributed by atoms with Gasteiger partial charge in [0, 0.05) is 0 Å². The Hall–Kier alpha value is -1.59. The lowest BCUT2D eigenvalue weighted by atomic mass is 10.1. The van der Waals surface area contributed by atoms with E-state index in [9.17, 15) is 9.90 Å². The number of hydrogen-bond acceptors (Lipinski definition) is 4. The van der Waals surface area contributed by atoms with E-state index in [-0.39, 0.29) is 18.6 Å². The summed E-state index contributed by atoms with van der Waals surface area (Å²) in [7, 11) is 1.58. The van der Waals surface area contributed by atoms with E-state index in [1.54, 1.807) is 7.11 Å². The van der Waals surface area contributed by atoms with Gasteiger partial charge in [0.2, 0.25) is 5.91 Å². The average Bonchev–Trinajstić information content (AvgIpc) is 2.85. The number of aliphatic hydroxyl groups excluding tert-OH is 1. The molecule has 2 atom stereocenters. The Bertz CT molecular complexity index is 450. The molecule has 0 radical (unpaired) electrons. The molecule has 1 aliphatic rings. The van der Waals surface area contributed by atoms with Crippen LogP contribution in [0.15, 0.2) is 24.3 Å².